The molecular formula is C18H28N4O3. The van der Waals surface area contributed by atoms with Gasteiger partial charge in [-0.25, -0.2) is 4.79 Å². The Hall–Kier alpha value is -2.15. The van der Waals surface area contributed by atoms with Gasteiger partial charge in [0.15, 0.2) is 0 Å². The summed E-state index contributed by atoms with van der Waals surface area (Å²) in [7, 11) is 0. The number of nitrogens with one attached hydrogen (secondary N) is 2. The van der Waals surface area contributed by atoms with Crippen molar-refractivity contribution in [3.63, 3.8) is 0 Å². The number of unbranched alkanes of at least 4 members (excludes halogenated alkanes) is 1. The van der Waals surface area contributed by atoms with E-state index < -0.39 is 4.92 Å². The van der Waals surface area contributed by atoms with Crippen molar-refractivity contribution in [1.29, 1.82) is 0 Å². The number of likely N-dealkylation sites (tertiary alicyclic amines) is 1. The standard InChI is InChI=1S/C18H28N4O3/c1-15-7-11-21(12-8-15)10-3-2-9-19-18(23)20-14-16-5-4-6-17(13-16)22(24)25/h4-6,13,15H,2-3,7-12,14H2,1H3,(H2,19,20,23). The van der Waals surface area contributed by atoms with Crippen LogP contribution in [0.3, 0.4) is 0 Å². The first kappa shape index (κ1) is 19.2. The second-order valence-electron chi connectivity index (χ2n) is 6.77. The number of piperidine rings is 1. The Kier molecular flexibility index (Phi) is 7.66. The van der Waals surface area contributed by atoms with E-state index in [9.17, 15) is 14.9 Å². The molecule has 0 radical (unpaired) electrons. The molecule has 1 heterocycles. The molecule has 1 aliphatic rings. The minimum absolute atomic E-state index is 0.0341. The highest BCUT2D eigenvalue weighted by Gasteiger charge is 2.14. The van der Waals surface area contributed by atoms with Gasteiger partial charge < -0.3 is 15.5 Å². The van der Waals surface area contributed by atoms with E-state index in [2.05, 4.69) is 22.5 Å². The Morgan fingerprint density at radius 1 is 1.28 bits per heavy atom. The lowest BCUT2D eigenvalue weighted by atomic mass is 9.99. The highest BCUT2D eigenvalue weighted by molar-refractivity contribution is 5.73. The number of rotatable bonds is 8. The summed E-state index contributed by atoms with van der Waals surface area (Å²) in [5.74, 6) is 0.854. The SMILES string of the molecule is CC1CCN(CCCCNC(=O)NCc2cccc([N+](=O)[O-])c2)CC1. The zero-order valence-electron chi connectivity index (χ0n) is 14.9. The predicted octanol–water partition coefficient (Wildman–Crippen LogP) is 2.91. The van der Waals surface area contributed by atoms with Gasteiger partial charge >= 0.3 is 6.03 Å². The van der Waals surface area contributed by atoms with Crippen molar-refractivity contribution >= 4 is 11.7 Å². The number of nitrogens with zero attached hydrogens (tertiary/aromatic N) is 2. The van der Waals surface area contributed by atoms with Gasteiger partial charge in [-0.05, 0) is 56.8 Å². The minimum atomic E-state index is -0.438. The topological polar surface area (TPSA) is 87.5 Å². The number of nitro benzene ring substituents is 1. The van der Waals surface area contributed by atoms with Crippen molar-refractivity contribution in [2.24, 2.45) is 5.92 Å². The molecule has 0 saturated carbocycles. The summed E-state index contributed by atoms with van der Waals surface area (Å²) < 4.78 is 0. The van der Waals surface area contributed by atoms with E-state index in [-0.39, 0.29) is 18.3 Å². The maximum atomic E-state index is 11.8. The normalized spacial score (nSPS) is 15.7. The lowest BCUT2D eigenvalue weighted by Crippen LogP contribution is -2.36. The summed E-state index contributed by atoms with van der Waals surface area (Å²) >= 11 is 0. The molecule has 1 aliphatic heterocycles. The van der Waals surface area contributed by atoms with E-state index in [1.54, 1.807) is 12.1 Å². The molecule has 2 rings (SSSR count). The Morgan fingerprint density at radius 3 is 2.76 bits per heavy atom. The fourth-order valence-corrected chi connectivity index (χ4v) is 2.97. The molecule has 0 aliphatic carbocycles. The number of amides is 2. The number of carbonyl (C=O) groups excluding carboxylic acids is 1. The van der Waals surface area contributed by atoms with Gasteiger partial charge in [0.25, 0.3) is 5.69 Å². The maximum absolute atomic E-state index is 11.8. The summed E-state index contributed by atoms with van der Waals surface area (Å²) in [6, 6.07) is 6.05. The van der Waals surface area contributed by atoms with E-state index >= 15 is 0 Å². The Balaban J connectivity index is 1.55. The summed E-state index contributed by atoms with van der Waals surface area (Å²) in [6.07, 6.45) is 4.62. The van der Waals surface area contributed by atoms with Gasteiger partial charge in [0.05, 0.1) is 4.92 Å². The molecule has 0 bridgehead atoms. The van der Waals surface area contributed by atoms with Crippen LogP contribution in [0.4, 0.5) is 10.5 Å². The number of non-ortho nitro benzene ring substituents is 1. The zero-order valence-corrected chi connectivity index (χ0v) is 14.9. The largest absolute Gasteiger partial charge is 0.338 e. The van der Waals surface area contributed by atoms with Crippen molar-refractivity contribution in [3.05, 3.63) is 39.9 Å². The maximum Gasteiger partial charge on any atom is 0.315 e. The fourth-order valence-electron chi connectivity index (χ4n) is 2.97. The molecule has 1 fully saturated rings. The third kappa shape index (κ3) is 7.09. The molecule has 2 N–H and O–H groups in total. The van der Waals surface area contributed by atoms with Crippen LogP contribution in [0.1, 0.15) is 38.2 Å². The van der Waals surface area contributed by atoms with Gasteiger partial charge in [-0.15, -0.1) is 0 Å². The molecule has 0 unspecified atom stereocenters. The van der Waals surface area contributed by atoms with E-state index in [4.69, 9.17) is 0 Å². The van der Waals surface area contributed by atoms with Gasteiger partial charge in [0.1, 0.15) is 0 Å². The summed E-state index contributed by atoms with van der Waals surface area (Å²) in [4.78, 5) is 24.6. The first-order valence-electron chi connectivity index (χ1n) is 9.02. The molecule has 0 aromatic heterocycles. The van der Waals surface area contributed by atoms with E-state index in [0.717, 1.165) is 25.3 Å². The molecule has 1 saturated heterocycles. The number of benzene rings is 1. The molecule has 0 atom stereocenters. The molecular weight excluding hydrogens is 320 g/mol. The zero-order chi connectivity index (χ0) is 18.1. The van der Waals surface area contributed by atoms with Gasteiger partial charge in [-0.1, -0.05) is 19.1 Å². The second kappa shape index (κ2) is 9.98. The molecule has 1 aromatic rings. The first-order chi connectivity index (χ1) is 12.0. The second-order valence-corrected chi connectivity index (χ2v) is 6.77. The Morgan fingerprint density at radius 2 is 2.04 bits per heavy atom. The van der Waals surface area contributed by atoms with Crippen molar-refractivity contribution < 1.29 is 9.72 Å². The highest BCUT2D eigenvalue weighted by Crippen LogP contribution is 2.16. The average molecular weight is 348 g/mol. The highest BCUT2D eigenvalue weighted by atomic mass is 16.6. The molecule has 7 heteroatoms. The lowest BCUT2D eigenvalue weighted by molar-refractivity contribution is -0.384. The first-order valence-corrected chi connectivity index (χ1v) is 9.02. The summed E-state index contributed by atoms with van der Waals surface area (Å²) in [6.45, 7) is 6.72. The minimum Gasteiger partial charge on any atom is -0.338 e. The van der Waals surface area contributed by atoms with E-state index in [1.165, 1.54) is 38.1 Å². The smallest absolute Gasteiger partial charge is 0.315 e. The van der Waals surface area contributed by atoms with Crippen molar-refractivity contribution in [3.8, 4) is 0 Å². The van der Waals surface area contributed by atoms with Crippen LogP contribution in [-0.2, 0) is 6.54 Å². The van der Waals surface area contributed by atoms with Crippen LogP contribution in [-0.4, -0.2) is 42.0 Å². The predicted molar refractivity (Wildman–Crippen MR) is 97.4 cm³/mol. The Labute approximate surface area is 148 Å². The fraction of sp³-hybridized carbons (Fsp3) is 0.611. The molecule has 7 nitrogen and oxygen atoms in total. The molecule has 0 spiro atoms. The summed E-state index contributed by atoms with van der Waals surface area (Å²) in [5, 5.41) is 16.3. The number of hydrogen-bond acceptors (Lipinski definition) is 4. The van der Waals surface area contributed by atoms with Crippen molar-refractivity contribution in [2.45, 2.75) is 39.2 Å². The van der Waals surface area contributed by atoms with Crippen LogP contribution in [0.5, 0.6) is 0 Å². The molecule has 25 heavy (non-hydrogen) atoms. The lowest BCUT2D eigenvalue weighted by Gasteiger charge is -2.30. The van der Waals surface area contributed by atoms with Crippen molar-refractivity contribution in [2.75, 3.05) is 26.2 Å². The van der Waals surface area contributed by atoms with Crippen LogP contribution in [0.15, 0.2) is 24.3 Å². The molecule has 1 aromatic carbocycles. The van der Waals surface area contributed by atoms with Crippen LogP contribution in [0, 0.1) is 16.0 Å². The number of hydrogen-bond donors (Lipinski definition) is 2. The van der Waals surface area contributed by atoms with Crippen LogP contribution < -0.4 is 10.6 Å². The van der Waals surface area contributed by atoms with Gasteiger partial charge in [0, 0.05) is 25.2 Å². The van der Waals surface area contributed by atoms with Gasteiger partial charge in [-0.2, -0.15) is 0 Å². The number of carbonyl (C=O) groups is 1. The van der Waals surface area contributed by atoms with E-state index in [1.807, 2.05) is 0 Å². The quantitative estimate of drug-likeness (QED) is 0.429. The van der Waals surface area contributed by atoms with Crippen LogP contribution >= 0.6 is 0 Å². The van der Waals surface area contributed by atoms with Crippen LogP contribution in [0.25, 0.3) is 0 Å². The number of urea groups is 1. The van der Waals surface area contributed by atoms with Crippen LogP contribution in [0.2, 0.25) is 0 Å². The number of nitro groups is 1. The Bertz CT molecular complexity index is 571. The van der Waals surface area contributed by atoms with Crippen molar-refractivity contribution in [1.82, 2.24) is 15.5 Å². The average Bonchev–Trinajstić information content (AvgIpc) is 2.61. The van der Waals surface area contributed by atoms with E-state index in [0.29, 0.717) is 12.1 Å². The van der Waals surface area contributed by atoms with Gasteiger partial charge in [0.2, 0.25) is 0 Å². The molecule has 138 valence electrons. The monoisotopic (exact) mass is 348 g/mol. The van der Waals surface area contributed by atoms with Gasteiger partial charge in [-0.3, -0.25) is 10.1 Å². The third-order valence-corrected chi connectivity index (χ3v) is 4.64. The summed E-state index contributed by atoms with van der Waals surface area (Å²) in [5.41, 5.74) is 0.746. The third-order valence-electron chi connectivity index (χ3n) is 4.64. The molecule has 2 amide bonds.